The number of H-pyrrole nitrogens is 1. The van der Waals surface area contributed by atoms with E-state index in [4.69, 9.17) is 0 Å². The second-order valence-electron chi connectivity index (χ2n) is 4.52. The molecule has 0 radical (unpaired) electrons. The van der Waals surface area contributed by atoms with Crippen molar-refractivity contribution >= 4 is 5.97 Å². The Kier molecular flexibility index (Phi) is 4.68. The first kappa shape index (κ1) is 14.7. The van der Waals surface area contributed by atoms with Crippen LogP contribution in [-0.4, -0.2) is 26.7 Å². The number of nitrogens with zero attached hydrogens (tertiary/aromatic N) is 1. The van der Waals surface area contributed by atoms with Crippen molar-refractivity contribution in [1.82, 2.24) is 14.9 Å². The fourth-order valence-corrected chi connectivity index (χ4v) is 1.85. The zero-order valence-corrected chi connectivity index (χ0v) is 11.2. The van der Waals surface area contributed by atoms with Crippen molar-refractivity contribution in [1.29, 1.82) is 0 Å². The summed E-state index contributed by atoms with van der Waals surface area (Å²) in [7, 11) is 0. The van der Waals surface area contributed by atoms with Crippen molar-refractivity contribution in [3.63, 3.8) is 0 Å². The fraction of sp³-hybridized carbons (Fsp3) is 0.214. The maximum atomic E-state index is 11.6. The van der Waals surface area contributed by atoms with Crippen LogP contribution in [0.5, 0.6) is 0 Å². The molecule has 0 saturated carbocycles. The molecule has 0 amide bonds. The Morgan fingerprint density at radius 1 is 1.24 bits per heavy atom. The quantitative estimate of drug-likeness (QED) is 0.682. The van der Waals surface area contributed by atoms with Gasteiger partial charge in [0.05, 0.1) is 6.54 Å². The number of carbonyl (C=O) groups is 1. The molecule has 2 rings (SSSR count). The predicted molar refractivity (Wildman–Crippen MR) is 76.0 cm³/mol. The van der Waals surface area contributed by atoms with Gasteiger partial charge in [-0.2, -0.15) is 0 Å². The van der Waals surface area contributed by atoms with Crippen molar-refractivity contribution in [2.45, 2.75) is 19.1 Å². The minimum atomic E-state index is -1.07. The van der Waals surface area contributed by atoms with E-state index in [1.54, 1.807) is 0 Å². The highest BCUT2D eigenvalue weighted by Crippen LogP contribution is 1.99. The molecule has 0 aliphatic carbocycles. The molecule has 1 atom stereocenters. The Morgan fingerprint density at radius 3 is 2.57 bits per heavy atom. The number of hydrogen-bond acceptors (Lipinski definition) is 4. The summed E-state index contributed by atoms with van der Waals surface area (Å²) >= 11 is 0. The van der Waals surface area contributed by atoms with Gasteiger partial charge in [0.1, 0.15) is 6.04 Å². The molecule has 0 spiro atoms. The van der Waals surface area contributed by atoms with Crippen LogP contribution in [0.4, 0.5) is 0 Å². The number of aromatic amines is 1. The molecule has 0 aliphatic heterocycles. The van der Waals surface area contributed by atoms with Crippen LogP contribution in [0.1, 0.15) is 5.56 Å². The average Bonchev–Trinajstić information content (AvgIpc) is 2.46. The number of rotatable bonds is 6. The van der Waals surface area contributed by atoms with Gasteiger partial charge in [-0.1, -0.05) is 30.3 Å². The van der Waals surface area contributed by atoms with Crippen molar-refractivity contribution in [2.75, 3.05) is 0 Å². The molecule has 0 bridgehead atoms. The summed E-state index contributed by atoms with van der Waals surface area (Å²) in [6.45, 7) is 0.299. The third-order valence-corrected chi connectivity index (χ3v) is 2.97. The second-order valence-corrected chi connectivity index (χ2v) is 4.52. The molecule has 0 fully saturated rings. The predicted octanol–water partition coefficient (Wildman–Crippen LogP) is -0.220. The standard InChI is InChI=1S/C14H15N3O4/c18-12-6-7-17(14(21)16-12)9-11(13(19)20)15-8-10-4-2-1-3-5-10/h1-7,11,15H,8-9H2,(H,19,20)(H,16,18,21)/t11-/m0/s1. The summed E-state index contributed by atoms with van der Waals surface area (Å²) in [5.74, 6) is -1.07. The highest BCUT2D eigenvalue weighted by atomic mass is 16.4. The van der Waals surface area contributed by atoms with Crippen LogP contribution in [0.3, 0.4) is 0 Å². The van der Waals surface area contributed by atoms with Crippen LogP contribution in [0.25, 0.3) is 0 Å². The molecular formula is C14H15N3O4. The number of aromatic nitrogens is 2. The second kappa shape index (κ2) is 6.67. The molecule has 3 N–H and O–H groups in total. The number of hydrogen-bond donors (Lipinski definition) is 3. The van der Waals surface area contributed by atoms with Gasteiger partial charge in [0.15, 0.2) is 0 Å². The van der Waals surface area contributed by atoms with Crippen LogP contribution in [0.2, 0.25) is 0 Å². The lowest BCUT2D eigenvalue weighted by molar-refractivity contribution is -0.139. The van der Waals surface area contributed by atoms with E-state index in [0.29, 0.717) is 6.54 Å². The van der Waals surface area contributed by atoms with E-state index in [-0.39, 0.29) is 6.54 Å². The monoisotopic (exact) mass is 289 g/mol. The first-order chi connectivity index (χ1) is 10.1. The van der Waals surface area contributed by atoms with Crippen LogP contribution >= 0.6 is 0 Å². The summed E-state index contributed by atoms with van der Waals surface area (Å²) in [6.07, 6.45) is 1.28. The summed E-state index contributed by atoms with van der Waals surface area (Å²) in [5, 5.41) is 12.1. The summed E-state index contributed by atoms with van der Waals surface area (Å²) in [6, 6.07) is 9.58. The van der Waals surface area contributed by atoms with Crippen molar-refractivity contribution in [2.24, 2.45) is 0 Å². The van der Waals surface area contributed by atoms with Crippen LogP contribution < -0.4 is 16.6 Å². The van der Waals surface area contributed by atoms with Gasteiger partial charge in [-0.05, 0) is 5.56 Å². The van der Waals surface area contributed by atoms with Gasteiger partial charge >= 0.3 is 11.7 Å². The molecule has 110 valence electrons. The van der Waals surface area contributed by atoms with E-state index >= 15 is 0 Å². The topological polar surface area (TPSA) is 104 Å². The summed E-state index contributed by atoms with van der Waals surface area (Å²) in [4.78, 5) is 35.9. The molecule has 1 heterocycles. The van der Waals surface area contributed by atoms with E-state index in [1.165, 1.54) is 12.3 Å². The lowest BCUT2D eigenvalue weighted by atomic mass is 10.2. The number of carboxylic acids is 1. The molecule has 1 aromatic heterocycles. The molecule has 2 aromatic rings. The number of benzene rings is 1. The molecule has 0 aliphatic rings. The molecule has 21 heavy (non-hydrogen) atoms. The van der Waals surface area contributed by atoms with Gasteiger partial charge in [0.25, 0.3) is 5.56 Å². The van der Waals surface area contributed by atoms with E-state index in [0.717, 1.165) is 10.1 Å². The summed E-state index contributed by atoms with van der Waals surface area (Å²) < 4.78 is 1.15. The van der Waals surface area contributed by atoms with Gasteiger partial charge in [-0.25, -0.2) is 4.79 Å². The Morgan fingerprint density at radius 2 is 1.95 bits per heavy atom. The molecule has 0 saturated heterocycles. The maximum absolute atomic E-state index is 11.6. The lowest BCUT2D eigenvalue weighted by Crippen LogP contribution is -2.43. The molecule has 7 heteroatoms. The third-order valence-electron chi connectivity index (χ3n) is 2.97. The van der Waals surface area contributed by atoms with Crippen molar-refractivity contribution in [3.05, 3.63) is 69.0 Å². The van der Waals surface area contributed by atoms with E-state index in [1.807, 2.05) is 30.3 Å². The molecular weight excluding hydrogens is 274 g/mol. The highest BCUT2D eigenvalue weighted by molar-refractivity contribution is 5.73. The molecule has 7 nitrogen and oxygen atoms in total. The van der Waals surface area contributed by atoms with Crippen LogP contribution in [-0.2, 0) is 17.9 Å². The Hall–Kier alpha value is -2.67. The van der Waals surface area contributed by atoms with E-state index < -0.39 is 23.3 Å². The first-order valence-corrected chi connectivity index (χ1v) is 6.36. The largest absolute Gasteiger partial charge is 0.480 e. The Bertz CT molecular complexity index is 721. The zero-order valence-electron chi connectivity index (χ0n) is 11.2. The van der Waals surface area contributed by atoms with Gasteiger partial charge in [-0.15, -0.1) is 0 Å². The lowest BCUT2D eigenvalue weighted by Gasteiger charge is -2.15. The Labute approximate surface area is 119 Å². The molecule has 0 unspecified atom stereocenters. The normalized spacial score (nSPS) is 12.0. The number of nitrogens with one attached hydrogen (secondary N) is 2. The summed E-state index contributed by atoms with van der Waals surface area (Å²) in [5.41, 5.74) is -0.201. The van der Waals surface area contributed by atoms with E-state index in [9.17, 15) is 19.5 Å². The van der Waals surface area contributed by atoms with Gasteiger partial charge in [-0.3, -0.25) is 24.5 Å². The molecule has 1 aromatic carbocycles. The average molecular weight is 289 g/mol. The van der Waals surface area contributed by atoms with Crippen LogP contribution in [0.15, 0.2) is 52.2 Å². The minimum absolute atomic E-state index is 0.0716. The first-order valence-electron chi connectivity index (χ1n) is 6.36. The smallest absolute Gasteiger partial charge is 0.328 e. The van der Waals surface area contributed by atoms with Gasteiger partial charge in [0, 0.05) is 18.8 Å². The van der Waals surface area contributed by atoms with Crippen molar-refractivity contribution in [3.8, 4) is 0 Å². The fourth-order valence-electron chi connectivity index (χ4n) is 1.85. The number of aliphatic carboxylic acids is 1. The highest BCUT2D eigenvalue weighted by Gasteiger charge is 2.17. The minimum Gasteiger partial charge on any atom is -0.480 e. The van der Waals surface area contributed by atoms with Crippen LogP contribution in [0, 0.1) is 0 Å². The van der Waals surface area contributed by atoms with E-state index in [2.05, 4.69) is 10.3 Å². The van der Waals surface area contributed by atoms with Crippen molar-refractivity contribution < 1.29 is 9.90 Å². The Balaban J connectivity index is 2.07. The third kappa shape index (κ3) is 4.15. The van der Waals surface area contributed by atoms with Gasteiger partial charge in [0.2, 0.25) is 0 Å². The zero-order chi connectivity index (χ0) is 15.2. The van der Waals surface area contributed by atoms with Gasteiger partial charge < -0.3 is 5.11 Å². The SMILES string of the molecule is O=C(O)[C@H](Cn1ccc(=O)[nH]c1=O)NCc1ccccc1. The number of carboxylic acid groups (broad SMARTS) is 1. The maximum Gasteiger partial charge on any atom is 0.328 e.